The van der Waals surface area contributed by atoms with E-state index in [2.05, 4.69) is 10.4 Å². The maximum absolute atomic E-state index is 13.5. The third-order valence-corrected chi connectivity index (χ3v) is 7.79. The maximum atomic E-state index is 13.5. The summed E-state index contributed by atoms with van der Waals surface area (Å²) in [4.78, 5) is 13.3. The Morgan fingerprint density at radius 3 is 2.60 bits per heavy atom. The number of anilines is 2. The van der Waals surface area contributed by atoms with Crippen LogP contribution < -0.4 is 14.4 Å². The third kappa shape index (κ3) is 4.38. The van der Waals surface area contributed by atoms with E-state index < -0.39 is 15.9 Å². The Bertz CT molecular complexity index is 1480. The molecule has 0 aliphatic carbocycles. The van der Waals surface area contributed by atoms with Crippen LogP contribution in [0.2, 0.25) is 0 Å². The predicted octanol–water partition coefficient (Wildman–Crippen LogP) is 3.94. The van der Waals surface area contributed by atoms with Crippen LogP contribution in [0, 0.1) is 0 Å². The highest BCUT2D eigenvalue weighted by molar-refractivity contribution is 7.92. The number of methoxy groups -OCH3 is 1. The minimum atomic E-state index is -3.86. The minimum absolute atomic E-state index is 0.0259. The molecule has 0 saturated carbocycles. The number of nitrogens with zero attached hydrogens (tertiary/aromatic N) is 3. The molecule has 2 heterocycles. The quantitative estimate of drug-likeness (QED) is 0.425. The fourth-order valence-corrected chi connectivity index (χ4v) is 5.74. The number of para-hydroxylation sites is 1. The number of sulfonamides is 1. The van der Waals surface area contributed by atoms with Gasteiger partial charge in [-0.1, -0.05) is 48.5 Å². The van der Waals surface area contributed by atoms with Gasteiger partial charge in [-0.2, -0.15) is 5.10 Å². The van der Waals surface area contributed by atoms with Gasteiger partial charge in [0.15, 0.2) is 0 Å². The van der Waals surface area contributed by atoms with E-state index in [-0.39, 0.29) is 16.2 Å². The first-order chi connectivity index (χ1) is 17.0. The summed E-state index contributed by atoms with van der Waals surface area (Å²) in [6.45, 7) is 0.831. The Hall–Kier alpha value is -4.11. The third-order valence-electron chi connectivity index (χ3n) is 5.98. The summed E-state index contributed by atoms with van der Waals surface area (Å²) in [6, 6.07) is 23.2. The standard InChI is InChI=1S/C26H24N4O4S/c1-34-24-12-11-21(35(32,33)30-16-14-20-9-5-6-10-23(20)30)17-22(24)26(31)28-25-13-15-27-29(25)18-19-7-3-2-4-8-19/h2-13,15,17H,14,16,18H2,1H3,(H,28,31). The second-order valence-electron chi connectivity index (χ2n) is 8.13. The molecule has 0 bridgehead atoms. The van der Waals surface area contributed by atoms with Gasteiger partial charge in [-0.15, -0.1) is 0 Å². The summed E-state index contributed by atoms with van der Waals surface area (Å²) in [5.41, 5.74) is 2.80. The van der Waals surface area contributed by atoms with Crippen molar-refractivity contribution in [3.63, 3.8) is 0 Å². The Morgan fingerprint density at radius 1 is 1.03 bits per heavy atom. The normalized spacial score (nSPS) is 12.9. The summed E-state index contributed by atoms with van der Waals surface area (Å²) in [5.74, 6) is 0.274. The molecule has 1 aliphatic rings. The predicted molar refractivity (Wildman–Crippen MR) is 133 cm³/mol. The summed E-state index contributed by atoms with van der Waals surface area (Å²) in [7, 11) is -2.42. The first-order valence-electron chi connectivity index (χ1n) is 11.1. The second kappa shape index (κ2) is 9.27. The highest BCUT2D eigenvalue weighted by Gasteiger charge is 2.31. The van der Waals surface area contributed by atoms with Crippen molar-refractivity contribution in [2.45, 2.75) is 17.9 Å². The highest BCUT2D eigenvalue weighted by atomic mass is 32.2. The topological polar surface area (TPSA) is 93.5 Å². The molecule has 1 N–H and O–H groups in total. The van der Waals surface area contributed by atoms with Crippen molar-refractivity contribution in [3.8, 4) is 5.75 Å². The van der Waals surface area contributed by atoms with Crippen molar-refractivity contribution >= 4 is 27.4 Å². The fraction of sp³-hybridized carbons (Fsp3) is 0.154. The van der Waals surface area contributed by atoms with Gasteiger partial charge in [-0.05, 0) is 41.8 Å². The van der Waals surface area contributed by atoms with Crippen LogP contribution in [0.5, 0.6) is 5.75 Å². The number of carbonyl (C=O) groups is 1. The van der Waals surface area contributed by atoms with Gasteiger partial charge in [0.05, 0.1) is 36.0 Å². The van der Waals surface area contributed by atoms with Gasteiger partial charge >= 0.3 is 0 Å². The maximum Gasteiger partial charge on any atom is 0.264 e. The summed E-state index contributed by atoms with van der Waals surface area (Å²) >= 11 is 0. The number of amides is 1. The lowest BCUT2D eigenvalue weighted by Crippen LogP contribution is -2.29. The van der Waals surface area contributed by atoms with E-state index in [1.807, 2.05) is 48.5 Å². The number of hydrogen-bond donors (Lipinski definition) is 1. The Labute approximate surface area is 203 Å². The van der Waals surface area contributed by atoms with Crippen molar-refractivity contribution in [2.75, 3.05) is 23.3 Å². The molecule has 3 aromatic carbocycles. The summed E-state index contributed by atoms with van der Waals surface area (Å²) < 4.78 is 35.4. The number of fused-ring (bicyclic) bond motifs is 1. The van der Waals surface area contributed by atoms with Gasteiger partial charge in [0.1, 0.15) is 11.6 Å². The fourth-order valence-electron chi connectivity index (χ4n) is 4.21. The van der Waals surface area contributed by atoms with Crippen molar-refractivity contribution in [3.05, 3.63) is 102 Å². The molecular weight excluding hydrogens is 464 g/mol. The monoisotopic (exact) mass is 488 g/mol. The van der Waals surface area contributed by atoms with Crippen LogP contribution >= 0.6 is 0 Å². The zero-order chi connectivity index (χ0) is 24.4. The SMILES string of the molecule is COc1ccc(S(=O)(=O)N2CCc3ccccc32)cc1C(=O)Nc1ccnn1Cc1ccccc1. The number of carbonyl (C=O) groups excluding carboxylic acids is 1. The van der Waals surface area contributed by atoms with Crippen molar-refractivity contribution in [2.24, 2.45) is 0 Å². The molecule has 0 atom stereocenters. The van der Waals surface area contributed by atoms with Gasteiger partial charge < -0.3 is 10.1 Å². The van der Waals surface area contributed by atoms with E-state index in [1.54, 1.807) is 23.0 Å². The number of nitrogens with one attached hydrogen (secondary N) is 1. The lowest BCUT2D eigenvalue weighted by Gasteiger charge is -2.20. The van der Waals surface area contributed by atoms with Crippen LogP contribution in [0.15, 0.2) is 90.0 Å². The Morgan fingerprint density at radius 2 is 1.80 bits per heavy atom. The van der Waals surface area contributed by atoms with Gasteiger partial charge in [0.25, 0.3) is 15.9 Å². The van der Waals surface area contributed by atoms with Crippen LogP contribution in [0.25, 0.3) is 0 Å². The Kier molecular flexibility index (Phi) is 6.00. The molecule has 0 radical (unpaired) electrons. The van der Waals surface area contributed by atoms with Gasteiger partial charge in [-0.25, -0.2) is 13.1 Å². The Balaban J connectivity index is 1.43. The molecule has 9 heteroatoms. The minimum Gasteiger partial charge on any atom is -0.496 e. The lowest BCUT2D eigenvalue weighted by molar-refractivity contribution is 0.102. The smallest absolute Gasteiger partial charge is 0.264 e. The average molecular weight is 489 g/mol. The number of benzene rings is 3. The molecule has 4 aromatic rings. The van der Waals surface area contributed by atoms with Crippen LogP contribution in [0.1, 0.15) is 21.5 Å². The molecule has 5 rings (SSSR count). The molecule has 1 aliphatic heterocycles. The highest BCUT2D eigenvalue weighted by Crippen LogP contribution is 2.34. The van der Waals surface area contributed by atoms with E-state index in [1.165, 1.54) is 29.6 Å². The summed E-state index contributed by atoms with van der Waals surface area (Å²) in [6.07, 6.45) is 2.24. The van der Waals surface area contributed by atoms with Crippen molar-refractivity contribution in [1.82, 2.24) is 9.78 Å². The molecule has 1 amide bonds. The summed E-state index contributed by atoms with van der Waals surface area (Å²) in [5, 5.41) is 7.14. The van der Waals surface area contributed by atoms with E-state index >= 15 is 0 Å². The first-order valence-corrected chi connectivity index (χ1v) is 12.6. The van der Waals surface area contributed by atoms with E-state index in [0.29, 0.717) is 31.0 Å². The first kappa shape index (κ1) is 22.7. The number of aromatic nitrogens is 2. The lowest BCUT2D eigenvalue weighted by atomic mass is 10.2. The molecule has 0 spiro atoms. The van der Waals surface area contributed by atoms with Gasteiger partial charge in [0, 0.05) is 12.6 Å². The van der Waals surface area contributed by atoms with Crippen molar-refractivity contribution < 1.29 is 17.9 Å². The molecule has 0 fully saturated rings. The van der Waals surface area contributed by atoms with Crippen LogP contribution in [0.4, 0.5) is 11.5 Å². The molecule has 1 aromatic heterocycles. The number of hydrogen-bond acceptors (Lipinski definition) is 5. The zero-order valence-corrected chi connectivity index (χ0v) is 19.9. The van der Waals surface area contributed by atoms with E-state index in [4.69, 9.17) is 4.74 Å². The van der Waals surface area contributed by atoms with Crippen LogP contribution in [-0.4, -0.2) is 37.8 Å². The van der Waals surface area contributed by atoms with Crippen LogP contribution in [0.3, 0.4) is 0 Å². The molecule has 35 heavy (non-hydrogen) atoms. The van der Waals surface area contributed by atoms with E-state index in [9.17, 15) is 13.2 Å². The van der Waals surface area contributed by atoms with E-state index in [0.717, 1.165) is 11.1 Å². The van der Waals surface area contributed by atoms with Crippen molar-refractivity contribution in [1.29, 1.82) is 0 Å². The molecule has 8 nitrogen and oxygen atoms in total. The van der Waals surface area contributed by atoms with Crippen LogP contribution in [-0.2, 0) is 23.0 Å². The van der Waals surface area contributed by atoms with Gasteiger partial charge in [-0.3, -0.25) is 9.10 Å². The molecule has 0 unspecified atom stereocenters. The average Bonchev–Trinajstić information content (AvgIpc) is 3.51. The largest absolute Gasteiger partial charge is 0.496 e. The zero-order valence-electron chi connectivity index (χ0n) is 19.1. The molecule has 0 saturated heterocycles. The molecule has 178 valence electrons. The van der Waals surface area contributed by atoms with Gasteiger partial charge in [0.2, 0.25) is 0 Å². The second-order valence-corrected chi connectivity index (χ2v) is 9.99. The number of rotatable bonds is 7. The number of ether oxygens (including phenoxy) is 1. The molecular formula is C26H24N4O4S.